The van der Waals surface area contributed by atoms with Crippen LogP contribution in [0, 0.1) is 0 Å². The molecule has 24 heavy (non-hydrogen) atoms. The fourth-order valence-electron chi connectivity index (χ4n) is 2.42. The Balaban J connectivity index is 1.95. The minimum absolute atomic E-state index is 0.000793. The minimum atomic E-state index is -1.13. The fraction of sp³-hybridized carbons (Fsp3) is 0.438. The molecule has 0 bridgehead atoms. The average molecular weight is 349 g/mol. The van der Waals surface area contributed by atoms with Crippen LogP contribution in [-0.4, -0.2) is 40.8 Å². The zero-order valence-corrected chi connectivity index (χ0v) is 14.5. The quantitative estimate of drug-likeness (QED) is 0.787. The van der Waals surface area contributed by atoms with Crippen molar-refractivity contribution in [2.24, 2.45) is 0 Å². The number of pyridine rings is 1. The molecule has 8 heteroatoms. The molecular formula is C16H19N3O4S. The van der Waals surface area contributed by atoms with Gasteiger partial charge in [-0.3, -0.25) is 10.3 Å². The van der Waals surface area contributed by atoms with Crippen LogP contribution in [0.1, 0.15) is 42.6 Å². The van der Waals surface area contributed by atoms with Crippen molar-refractivity contribution in [3.63, 3.8) is 0 Å². The van der Waals surface area contributed by atoms with Gasteiger partial charge in [-0.15, -0.1) is 11.3 Å². The summed E-state index contributed by atoms with van der Waals surface area (Å²) < 4.78 is 5.93. The molecule has 0 unspecified atom stereocenters. The molecule has 128 valence electrons. The zero-order chi connectivity index (χ0) is 17.5. The van der Waals surface area contributed by atoms with E-state index in [9.17, 15) is 14.7 Å². The number of hydrogen-bond donors (Lipinski definition) is 3. The van der Waals surface area contributed by atoms with Crippen LogP contribution >= 0.6 is 11.3 Å². The van der Waals surface area contributed by atoms with E-state index in [-0.39, 0.29) is 10.6 Å². The summed E-state index contributed by atoms with van der Waals surface area (Å²) in [6.45, 7) is 7.03. The maximum atomic E-state index is 12.0. The highest BCUT2D eigenvalue weighted by Crippen LogP contribution is 2.36. The summed E-state index contributed by atoms with van der Waals surface area (Å²) >= 11 is 1.20. The van der Waals surface area contributed by atoms with Crippen molar-refractivity contribution in [1.82, 2.24) is 10.3 Å². The van der Waals surface area contributed by atoms with E-state index in [4.69, 9.17) is 4.74 Å². The van der Waals surface area contributed by atoms with Gasteiger partial charge in [-0.25, -0.2) is 9.59 Å². The van der Waals surface area contributed by atoms with Gasteiger partial charge in [0.05, 0.1) is 10.2 Å². The molecule has 2 aromatic heterocycles. The van der Waals surface area contributed by atoms with E-state index >= 15 is 0 Å². The van der Waals surface area contributed by atoms with Crippen LogP contribution in [0.5, 0.6) is 0 Å². The van der Waals surface area contributed by atoms with Gasteiger partial charge in [-0.05, 0) is 32.4 Å². The SMILES string of the molecule is CC(C)(C)OC(=O)Nc1sc2cc(C3CNC3)cnc2c1C(=O)O. The minimum Gasteiger partial charge on any atom is -0.478 e. The highest BCUT2D eigenvalue weighted by Gasteiger charge is 2.25. The number of carbonyl (C=O) groups excluding carboxylic acids is 1. The summed E-state index contributed by atoms with van der Waals surface area (Å²) in [5.41, 5.74) is 0.796. The van der Waals surface area contributed by atoms with Gasteiger partial charge in [0.2, 0.25) is 0 Å². The van der Waals surface area contributed by atoms with Crippen LogP contribution in [0.2, 0.25) is 0 Å². The smallest absolute Gasteiger partial charge is 0.412 e. The van der Waals surface area contributed by atoms with Crippen molar-refractivity contribution in [2.45, 2.75) is 32.3 Å². The second-order valence-electron chi connectivity index (χ2n) is 6.71. The molecule has 0 radical (unpaired) electrons. The fourth-order valence-corrected chi connectivity index (χ4v) is 3.51. The van der Waals surface area contributed by atoms with Crippen LogP contribution in [0.3, 0.4) is 0 Å². The van der Waals surface area contributed by atoms with Gasteiger partial charge in [0.1, 0.15) is 16.2 Å². The molecule has 3 N–H and O–H groups in total. The number of nitrogens with one attached hydrogen (secondary N) is 2. The maximum absolute atomic E-state index is 12.0. The van der Waals surface area contributed by atoms with Crippen molar-refractivity contribution in [3.8, 4) is 0 Å². The Morgan fingerprint density at radius 2 is 2.12 bits per heavy atom. The summed E-state index contributed by atoms with van der Waals surface area (Å²) in [7, 11) is 0. The monoisotopic (exact) mass is 349 g/mol. The number of ether oxygens (including phenoxy) is 1. The normalized spacial score (nSPS) is 15.1. The van der Waals surface area contributed by atoms with E-state index in [0.29, 0.717) is 11.4 Å². The third-order valence-electron chi connectivity index (χ3n) is 3.63. The number of carboxylic acids is 1. The van der Waals surface area contributed by atoms with Gasteiger partial charge in [0.25, 0.3) is 0 Å². The largest absolute Gasteiger partial charge is 0.478 e. The van der Waals surface area contributed by atoms with Crippen molar-refractivity contribution in [2.75, 3.05) is 18.4 Å². The van der Waals surface area contributed by atoms with Gasteiger partial charge < -0.3 is 15.2 Å². The Morgan fingerprint density at radius 1 is 1.42 bits per heavy atom. The van der Waals surface area contributed by atoms with Crippen molar-refractivity contribution < 1.29 is 19.4 Å². The number of anilines is 1. The second kappa shape index (κ2) is 6.03. The second-order valence-corrected chi connectivity index (χ2v) is 7.76. The molecule has 1 fully saturated rings. The summed E-state index contributed by atoms with van der Waals surface area (Å²) in [5, 5.41) is 15.5. The number of aromatic nitrogens is 1. The standard InChI is InChI=1S/C16H19N3O4S/c1-16(2,3)23-15(22)19-13-11(14(20)21)12-10(24-13)4-8(7-18-12)9-5-17-6-9/h4,7,9,17H,5-6H2,1-3H3,(H,19,22)(H,20,21). The van der Waals surface area contributed by atoms with Crippen LogP contribution in [0.25, 0.3) is 10.2 Å². The molecule has 1 saturated heterocycles. The molecule has 0 spiro atoms. The maximum Gasteiger partial charge on any atom is 0.412 e. The lowest BCUT2D eigenvalue weighted by Gasteiger charge is -2.27. The highest BCUT2D eigenvalue weighted by atomic mass is 32.1. The van der Waals surface area contributed by atoms with E-state index in [2.05, 4.69) is 15.6 Å². The topological polar surface area (TPSA) is 101 Å². The lowest BCUT2D eigenvalue weighted by atomic mass is 9.95. The number of fused-ring (bicyclic) bond motifs is 1. The Bertz CT molecular complexity index is 805. The van der Waals surface area contributed by atoms with Crippen LogP contribution in [0.15, 0.2) is 12.3 Å². The summed E-state index contributed by atoms with van der Waals surface area (Å²) in [5.74, 6) is -0.725. The highest BCUT2D eigenvalue weighted by molar-refractivity contribution is 7.23. The number of carbonyl (C=O) groups is 2. The van der Waals surface area contributed by atoms with E-state index in [1.54, 1.807) is 27.0 Å². The molecule has 3 rings (SSSR count). The number of rotatable bonds is 3. The Hall–Kier alpha value is -2.19. The van der Waals surface area contributed by atoms with Crippen molar-refractivity contribution in [1.29, 1.82) is 0 Å². The molecule has 0 saturated carbocycles. The predicted molar refractivity (Wildman–Crippen MR) is 92.0 cm³/mol. The zero-order valence-electron chi connectivity index (χ0n) is 13.7. The number of amides is 1. The first-order valence-electron chi connectivity index (χ1n) is 7.61. The summed E-state index contributed by atoms with van der Waals surface area (Å²) in [6, 6.07) is 1.95. The lowest BCUT2D eigenvalue weighted by Crippen LogP contribution is -2.39. The first-order valence-corrected chi connectivity index (χ1v) is 8.42. The number of aromatic carboxylic acids is 1. The molecule has 0 aromatic carbocycles. The molecule has 1 aliphatic rings. The average Bonchev–Trinajstić information content (AvgIpc) is 2.71. The van der Waals surface area contributed by atoms with Gasteiger partial charge in [0, 0.05) is 25.2 Å². The van der Waals surface area contributed by atoms with E-state index < -0.39 is 17.7 Å². The third-order valence-corrected chi connectivity index (χ3v) is 4.67. The number of hydrogen-bond acceptors (Lipinski definition) is 6. The van der Waals surface area contributed by atoms with Crippen LogP contribution in [0.4, 0.5) is 9.80 Å². The molecular weight excluding hydrogens is 330 g/mol. The summed E-state index contributed by atoms with van der Waals surface area (Å²) in [6.07, 6.45) is 1.03. The Morgan fingerprint density at radius 3 is 2.67 bits per heavy atom. The van der Waals surface area contributed by atoms with Gasteiger partial charge in [-0.2, -0.15) is 0 Å². The van der Waals surface area contributed by atoms with E-state index in [1.807, 2.05) is 6.07 Å². The Labute approximate surface area is 143 Å². The molecule has 1 amide bonds. The first kappa shape index (κ1) is 16.7. The van der Waals surface area contributed by atoms with E-state index in [1.165, 1.54) is 11.3 Å². The molecule has 2 aromatic rings. The Kier molecular flexibility index (Phi) is 4.18. The van der Waals surface area contributed by atoms with Crippen molar-refractivity contribution in [3.05, 3.63) is 23.4 Å². The predicted octanol–water partition coefficient (Wildman–Crippen LogP) is 3.03. The summed E-state index contributed by atoms with van der Waals surface area (Å²) in [4.78, 5) is 27.9. The van der Waals surface area contributed by atoms with Crippen LogP contribution in [-0.2, 0) is 4.74 Å². The van der Waals surface area contributed by atoms with Gasteiger partial charge in [0.15, 0.2) is 0 Å². The van der Waals surface area contributed by atoms with Gasteiger partial charge >= 0.3 is 12.1 Å². The molecule has 0 aliphatic carbocycles. The molecule has 0 atom stereocenters. The van der Waals surface area contributed by atoms with Gasteiger partial charge in [-0.1, -0.05) is 0 Å². The van der Waals surface area contributed by atoms with Crippen molar-refractivity contribution >= 4 is 38.6 Å². The molecule has 3 heterocycles. The number of carboxylic acid groups (broad SMARTS) is 1. The number of thiophene rings is 1. The molecule has 7 nitrogen and oxygen atoms in total. The number of nitrogens with zero attached hydrogens (tertiary/aromatic N) is 1. The molecule has 1 aliphatic heterocycles. The lowest BCUT2D eigenvalue weighted by molar-refractivity contribution is 0.0636. The van der Waals surface area contributed by atoms with Crippen LogP contribution < -0.4 is 10.6 Å². The third kappa shape index (κ3) is 3.34. The first-order chi connectivity index (χ1) is 11.2. The van der Waals surface area contributed by atoms with E-state index in [0.717, 1.165) is 23.4 Å².